The molecule has 0 aliphatic heterocycles. The SMILES string of the molecule is N[C@H]1CCc2nc(NC(=O)c3csc([N+](=O)[O-])c3)sc2C1. The van der Waals surface area contributed by atoms with Crippen molar-refractivity contribution in [3.05, 3.63) is 37.7 Å². The molecule has 0 spiro atoms. The molecule has 1 amide bonds. The van der Waals surface area contributed by atoms with Gasteiger partial charge in [-0.1, -0.05) is 11.3 Å². The Bertz CT molecular complexity index is 709. The van der Waals surface area contributed by atoms with E-state index in [1.54, 1.807) is 0 Å². The first-order chi connectivity index (χ1) is 10.0. The van der Waals surface area contributed by atoms with Gasteiger partial charge in [0.15, 0.2) is 5.13 Å². The Hall–Kier alpha value is -1.84. The minimum Gasteiger partial charge on any atom is -0.327 e. The van der Waals surface area contributed by atoms with Crippen LogP contribution in [0, 0.1) is 10.1 Å². The van der Waals surface area contributed by atoms with Crippen LogP contribution < -0.4 is 11.1 Å². The molecule has 1 atom stereocenters. The lowest BCUT2D eigenvalue weighted by Crippen LogP contribution is -2.27. The molecule has 110 valence electrons. The van der Waals surface area contributed by atoms with Crippen LogP contribution in [-0.2, 0) is 12.8 Å². The lowest BCUT2D eigenvalue weighted by atomic mass is 9.99. The Labute approximate surface area is 128 Å². The molecule has 3 rings (SSSR count). The molecule has 0 bridgehead atoms. The van der Waals surface area contributed by atoms with Gasteiger partial charge in [0.2, 0.25) is 0 Å². The second-order valence-electron chi connectivity index (χ2n) is 4.78. The third-order valence-corrected chi connectivity index (χ3v) is 5.14. The Kier molecular flexibility index (Phi) is 3.70. The van der Waals surface area contributed by atoms with E-state index in [0.717, 1.165) is 41.2 Å². The van der Waals surface area contributed by atoms with E-state index in [0.29, 0.717) is 5.13 Å². The first-order valence-corrected chi connectivity index (χ1v) is 8.01. The number of thiophene rings is 1. The maximum atomic E-state index is 12.0. The standard InChI is InChI=1S/C12H12N4O3S2/c13-7-1-2-8-9(4-7)21-12(14-8)15-11(17)6-3-10(16(18)19)20-5-6/h3,5,7H,1-2,4,13H2,(H,14,15,17)/t7-/m0/s1. The third kappa shape index (κ3) is 2.94. The van der Waals surface area contributed by atoms with Crippen molar-refractivity contribution in [2.24, 2.45) is 5.73 Å². The lowest BCUT2D eigenvalue weighted by molar-refractivity contribution is -0.380. The number of nitrogens with one attached hydrogen (secondary N) is 1. The molecule has 7 nitrogen and oxygen atoms in total. The van der Waals surface area contributed by atoms with Crippen molar-refractivity contribution in [3.8, 4) is 0 Å². The fourth-order valence-corrected chi connectivity index (χ4v) is 3.96. The molecule has 2 aromatic heterocycles. The summed E-state index contributed by atoms with van der Waals surface area (Å²) in [5.74, 6) is -0.380. The number of hydrogen-bond acceptors (Lipinski definition) is 7. The summed E-state index contributed by atoms with van der Waals surface area (Å²) < 4.78 is 0. The number of anilines is 1. The number of amides is 1. The molecular formula is C12H12N4O3S2. The number of aromatic nitrogens is 1. The number of hydrogen-bond donors (Lipinski definition) is 2. The Morgan fingerprint density at radius 3 is 3.10 bits per heavy atom. The minimum atomic E-state index is -0.509. The van der Waals surface area contributed by atoms with E-state index in [4.69, 9.17) is 5.73 Å². The number of nitrogens with zero attached hydrogens (tertiary/aromatic N) is 2. The van der Waals surface area contributed by atoms with E-state index in [1.165, 1.54) is 22.8 Å². The van der Waals surface area contributed by atoms with Gasteiger partial charge in [-0.15, -0.1) is 11.3 Å². The maximum absolute atomic E-state index is 12.0. The quantitative estimate of drug-likeness (QED) is 0.664. The molecule has 0 radical (unpaired) electrons. The zero-order valence-corrected chi connectivity index (χ0v) is 12.5. The summed E-state index contributed by atoms with van der Waals surface area (Å²) in [6.45, 7) is 0. The highest BCUT2D eigenvalue weighted by molar-refractivity contribution is 7.16. The van der Waals surface area contributed by atoms with Crippen molar-refractivity contribution < 1.29 is 9.72 Å². The van der Waals surface area contributed by atoms with Crippen LogP contribution in [0.4, 0.5) is 10.1 Å². The molecule has 0 saturated heterocycles. The second kappa shape index (κ2) is 5.51. The van der Waals surface area contributed by atoms with E-state index in [2.05, 4.69) is 10.3 Å². The zero-order valence-electron chi connectivity index (χ0n) is 10.9. The summed E-state index contributed by atoms with van der Waals surface area (Å²) in [6, 6.07) is 1.42. The molecule has 1 aliphatic carbocycles. The van der Waals surface area contributed by atoms with Crippen molar-refractivity contribution in [3.63, 3.8) is 0 Å². The van der Waals surface area contributed by atoms with E-state index in [1.807, 2.05) is 0 Å². The normalized spacial score (nSPS) is 17.3. The molecule has 2 aromatic rings. The van der Waals surface area contributed by atoms with Crippen LogP contribution >= 0.6 is 22.7 Å². The topological polar surface area (TPSA) is 111 Å². The molecule has 9 heteroatoms. The van der Waals surface area contributed by atoms with E-state index in [-0.39, 0.29) is 22.5 Å². The molecule has 21 heavy (non-hydrogen) atoms. The molecule has 0 unspecified atom stereocenters. The van der Waals surface area contributed by atoms with E-state index in [9.17, 15) is 14.9 Å². The van der Waals surface area contributed by atoms with E-state index < -0.39 is 4.92 Å². The third-order valence-electron chi connectivity index (χ3n) is 3.23. The highest BCUT2D eigenvalue weighted by Crippen LogP contribution is 2.30. The smallest absolute Gasteiger partial charge is 0.324 e. The number of carbonyl (C=O) groups excluding carboxylic acids is 1. The molecule has 0 aromatic carbocycles. The number of thiazole rings is 1. The van der Waals surface area contributed by atoms with Gasteiger partial charge in [0.1, 0.15) is 0 Å². The molecule has 1 aliphatic rings. The minimum absolute atomic E-state index is 0.0513. The van der Waals surface area contributed by atoms with Crippen LogP contribution in [0.5, 0.6) is 0 Å². The lowest BCUT2D eigenvalue weighted by Gasteiger charge is -2.15. The van der Waals surface area contributed by atoms with Crippen molar-refractivity contribution in [2.75, 3.05) is 5.32 Å². The van der Waals surface area contributed by atoms with Crippen molar-refractivity contribution in [1.82, 2.24) is 4.98 Å². The average Bonchev–Trinajstić information content (AvgIpc) is 3.03. The predicted octanol–water partition coefficient (Wildman–Crippen LogP) is 2.18. The first-order valence-electron chi connectivity index (χ1n) is 6.31. The number of nitro groups is 1. The van der Waals surface area contributed by atoms with E-state index >= 15 is 0 Å². The number of fused-ring (bicyclic) bond motifs is 1. The molecule has 0 fully saturated rings. The van der Waals surface area contributed by atoms with Crippen molar-refractivity contribution in [1.29, 1.82) is 0 Å². The van der Waals surface area contributed by atoms with Gasteiger partial charge >= 0.3 is 5.00 Å². The largest absolute Gasteiger partial charge is 0.327 e. The Balaban J connectivity index is 1.74. The van der Waals surface area contributed by atoms with Crippen LogP contribution in [-0.4, -0.2) is 21.9 Å². The highest BCUT2D eigenvalue weighted by atomic mass is 32.1. The predicted molar refractivity (Wildman–Crippen MR) is 81.0 cm³/mol. The second-order valence-corrected chi connectivity index (χ2v) is 6.75. The van der Waals surface area contributed by atoms with Gasteiger partial charge in [-0.25, -0.2) is 4.98 Å². The summed E-state index contributed by atoms with van der Waals surface area (Å²) in [6.07, 6.45) is 2.51. The molecular weight excluding hydrogens is 312 g/mol. The van der Waals surface area contributed by atoms with Gasteiger partial charge in [-0.05, 0) is 19.3 Å². The summed E-state index contributed by atoms with van der Waals surface area (Å²) in [5, 5.41) is 15.3. The number of rotatable bonds is 3. The van der Waals surface area contributed by atoms with Gasteiger partial charge in [0.25, 0.3) is 5.91 Å². The monoisotopic (exact) mass is 324 g/mol. The van der Waals surface area contributed by atoms with Crippen LogP contribution in [0.3, 0.4) is 0 Å². The molecule has 3 N–H and O–H groups in total. The Morgan fingerprint density at radius 2 is 2.38 bits per heavy atom. The maximum Gasteiger partial charge on any atom is 0.324 e. The summed E-state index contributed by atoms with van der Waals surface area (Å²) >= 11 is 2.35. The summed E-state index contributed by atoms with van der Waals surface area (Å²) in [5.41, 5.74) is 7.18. The Morgan fingerprint density at radius 1 is 1.57 bits per heavy atom. The fourth-order valence-electron chi connectivity index (χ4n) is 2.16. The fraction of sp³-hybridized carbons (Fsp3) is 0.333. The first kappa shape index (κ1) is 14.1. The highest BCUT2D eigenvalue weighted by Gasteiger charge is 2.21. The zero-order chi connectivity index (χ0) is 15.0. The van der Waals surface area contributed by atoms with Gasteiger partial charge < -0.3 is 5.73 Å². The van der Waals surface area contributed by atoms with Gasteiger partial charge in [0.05, 0.1) is 16.2 Å². The van der Waals surface area contributed by atoms with Gasteiger partial charge in [-0.2, -0.15) is 0 Å². The van der Waals surface area contributed by atoms with Crippen LogP contribution in [0.15, 0.2) is 11.4 Å². The van der Waals surface area contributed by atoms with Gasteiger partial charge in [-0.3, -0.25) is 20.2 Å². The van der Waals surface area contributed by atoms with Crippen molar-refractivity contribution in [2.45, 2.75) is 25.3 Å². The van der Waals surface area contributed by atoms with Crippen molar-refractivity contribution >= 4 is 38.7 Å². The van der Waals surface area contributed by atoms with Gasteiger partial charge in [0, 0.05) is 22.4 Å². The number of carbonyl (C=O) groups is 1. The number of nitrogens with two attached hydrogens (primary N) is 1. The molecule has 2 heterocycles. The van der Waals surface area contributed by atoms with Crippen LogP contribution in [0.25, 0.3) is 0 Å². The number of aryl methyl sites for hydroxylation is 1. The van der Waals surface area contributed by atoms with Crippen LogP contribution in [0.1, 0.15) is 27.3 Å². The summed E-state index contributed by atoms with van der Waals surface area (Å²) in [4.78, 5) is 27.7. The average molecular weight is 324 g/mol. The van der Waals surface area contributed by atoms with Crippen LogP contribution in [0.2, 0.25) is 0 Å². The molecule has 0 saturated carbocycles. The summed E-state index contributed by atoms with van der Waals surface area (Å²) in [7, 11) is 0.